The molecule has 17 heavy (non-hydrogen) atoms. The first-order valence-electron chi connectivity index (χ1n) is 4.85. The third-order valence-corrected chi connectivity index (χ3v) is 3.22. The predicted octanol–water partition coefficient (Wildman–Crippen LogP) is 3.59. The zero-order chi connectivity index (χ0) is 12.3. The van der Waals surface area contributed by atoms with E-state index in [2.05, 4.69) is 32.9 Å². The van der Waals surface area contributed by atoms with Crippen molar-refractivity contribution in [2.45, 2.75) is 0 Å². The quantitative estimate of drug-likeness (QED) is 0.658. The second kappa shape index (κ2) is 5.46. The maximum atomic E-state index is 11.9. The van der Waals surface area contributed by atoms with Crippen LogP contribution in [-0.2, 0) is 0 Å². The standard InChI is InChI=1S/C12H8ClIN2O/c13-11-7-3-6-10(15-11)12(17)16-9-5-2-1-4-8(9)14/h1-7H,(H,16,17). The molecule has 0 aliphatic carbocycles. The number of rotatable bonds is 2. The molecule has 2 rings (SSSR count). The van der Waals surface area contributed by atoms with Crippen LogP contribution < -0.4 is 5.32 Å². The molecule has 1 aromatic heterocycles. The lowest BCUT2D eigenvalue weighted by Gasteiger charge is -2.06. The van der Waals surface area contributed by atoms with Crippen LogP contribution >= 0.6 is 34.2 Å². The fourth-order valence-electron chi connectivity index (χ4n) is 1.28. The Morgan fingerprint density at radius 3 is 2.65 bits per heavy atom. The van der Waals surface area contributed by atoms with Gasteiger partial charge in [0.1, 0.15) is 10.8 Å². The van der Waals surface area contributed by atoms with E-state index < -0.39 is 0 Å². The van der Waals surface area contributed by atoms with E-state index in [1.54, 1.807) is 18.2 Å². The van der Waals surface area contributed by atoms with Gasteiger partial charge in [-0.2, -0.15) is 0 Å². The van der Waals surface area contributed by atoms with E-state index in [-0.39, 0.29) is 5.91 Å². The number of anilines is 1. The molecule has 86 valence electrons. The molecule has 2 aromatic rings. The monoisotopic (exact) mass is 358 g/mol. The topological polar surface area (TPSA) is 42.0 Å². The lowest BCUT2D eigenvalue weighted by atomic mass is 10.3. The van der Waals surface area contributed by atoms with Crippen molar-refractivity contribution in [1.29, 1.82) is 0 Å². The normalized spacial score (nSPS) is 10.0. The Kier molecular flexibility index (Phi) is 3.96. The van der Waals surface area contributed by atoms with E-state index in [1.807, 2.05) is 24.3 Å². The van der Waals surface area contributed by atoms with Crippen molar-refractivity contribution in [3.63, 3.8) is 0 Å². The highest BCUT2D eigenvalue weighted by Crippen LogP contribution is 2.17. The molecule has 0 radical (unpaired) electrons. The van der Waals surface area contributed by atoms with Crippen LogP contribution in [0.1, 0.15) is 10.5 Å². The van der Waals surface area contributed by atoms with Gasteiger partial charge in [-0.3, -0.25) is 4.79 Å². The van der Waals surface area contributed by atoms with E-state index in [0.717, 1.165) is 9.26 Å². The van der Waals surface area contributed by atoms with E-state index in [4.69, 9.17) is 11.6 Å². The Morgan fingerprint density at radius 2 is 1.94 bits per heavy atom. The number of aromatic nitrogens is 1. The van der Waals surface area contributed by atoms with Crippen molar-refractivity contribution in [3.8, 4) is 0 Å². The molecule has 0 atom stereocenters. The SMILES string of the molecule is O=C(Nc1ccccc1I)c1cccc(Cl)n1. The van der Waals surface area contributed by atoms with Crippen LogP contribution in [0.2, 0.25) is 5.15 Å². The maximum Gasteiger partial charge on any atom is 0.274 e. The van der Waals surface area contributed by atoms with Crippen LogP contribution in [0.5, 0.6) is 0 Å². The third kappa shape index (κ3) is 3.17. The van der Waals surface area contributed by atoms with E-state index in [1.165, 1.54) is 0 Å². The number of amides is 1. The van der Waals surface area contributed by atoms with Crippen molar-refractivity contribution < 1.29 is 4.79 Å². The van der Waals surface area contributed by atoms with Crippen LogP contribution in [-0.4, -0.2) is 10.9 Å². The van der Waals surface area contributed by atoms with Crippen molar-refractivity contribution >= 4 is 45.8 Å². The van der Waals surface area contributed by atoms with Crippen molar-refractivity contribution in [1.82, 2.24) is 4.98 Å². The van der Waals surface area contributed by atoms with Crippen LogP contribution in [0.25, 0.3) is 0 Å². The van der Waals surface area contributed by atoms with Gasteiger partial charge >= 0.3 is 0 Å². The summed E-state index contributed by atoms with van der Waals surface area (Å²) < 4.78 is 0.973. The van der Waals surface area contributed by atoms with Gasteiger partial charge in [0, 0.05) is 3.57 Å². The minimum Gasteiger partial charge on any atom is -0.320 e. The van der Waals surface area contributed by atoms with Crippen molar-refractivity contribution in [3.05, 3.63) is 56.9 Å². The highest BCUT2D eigenvalue weighted by atomic mass is 127. The molecule has 1 N–H and O–H groups in total. The third-order valence-electron chi connectivity index (χ3n) is 2.07. The Hall–Kier alpha value is -1.14. The largest absolute Gasteiger partial charge is 0.320 e. The van der Waals surface area contributed by atoms with Crippen LogP contribution in [0.4, 0.5) is 5.69 Å². The first-order valence-corrected chi connectivity index (χ1v) is 6.31. The Bertz CT molecular complexity index is 560. The Balaban J connectivity index is 2.20. The van der Waals surface area contributed by atoms with Gasteiger partial charge < -0.3 is 5.32 Å². The molecular formula is C12H8ClIN2O. The molecular weight excluding hydrogens is 351 g/mol. The summed E-state index contributed by atoms with van der Waals surface area (Å²) in [5, 5.41) is 3.09. The van der Waals surface area contributed by atoms with Gasteiger partial charge in [-0.1, -0.05) is 29.8 Å². The summed E-state index contributed by atoms with van der Waals surface area (Å²) >= 11 is 7.89. The first-order chi connectivity index (χ1) is 8.16. The van der Waals surface area contributed by atoms with E-state index in [9.17, 15) is 4.79 Å². The van der Waals surface area contributed by atoms with Gasteiger partial charge in [0.2, 0.25) is 0 Å². The number of para-hydroxylation sites is 1. The van der Waals surface area contributed by atoms with Gasteiger partial charge in [-0.25, -0.2) is 4.98 Å². The highest BCUT2D eigenvalue weighted by molar-refractivity contribution is 14.1. The number of hydrogen-bond donors (Lipinski definition) is 1. The average molecular weight is 359 g/mol. The molecule has 5 heteroatoms. The molecule has 1 amide bonds. The van der Waals surface area contributed by atoms with Crippen molar-refractivity contribution in [2.75, 3.05) is 5.32 Å². The van der Waals surface area contributed by atoms with Gasteiger partial charge in [0.05, 0.1) is 5.69 Å². The fraction of sp³-hybridized carbons (Fsp3) is 0. The Labute approximate surface area is 117 Å². The molecule has 3 nitrogen and oxygen atoms in total. The van der Waals surface area contributed by atoms with Crippen LogP contribution in [0, 0.1) is 3.57 Å². The number of pyridine rings is 1. The molecule has 0 saturated carbocycles. The number of carbonyl (C=O) groups excluding carboxylic acids is 1. The van der Waals surface area contributed by atoms with Crippen molar-refractivity contribution in [2.24, 2.45) is 0 Å². The zero-order valence-electron chi connectivity index (χ0n) is 8.65. The molecule has 1 heterocycles. The smallest absolute Gasteiger partial charge is 0.274 e. The maximum absolute atomic E-state index is 11.9. The number of benzene rings is 1. The molecule has 0 aliphatic rings. The molecule has 0 saturated heterocycles. The van der Waals surface area contributed by atoms with E-state index >= 15 is 0 Å². The molecule has 0 aliphatic heterocycles. The lowest BCUT2D eigenvalue weighted by Crippen LogP contribution is -2.14. The van der Waals surface area contributed by atoms with Gasteiger partial charge in [-0.05, 0) is 46.9 Å². The minimum atomic E-state index is -0.267. The molecule has 0 spiro atoms. The fourth-order valence-corrected chi connectivity index (χ4v) is 1.97. The summed E-state index contributed by atoms with van der Waals surface area (Å²) in [7, 11) is 0. The van der Waals surface area contributed by atoms with Crippen LogP contribution in [0.15, 0.2) is 42.5 Å². The number of halogens is 2. The second-order valence-electron chi connectivity index (χ2n) is 3.28. The summed E-state index contributed by atoms with van der Waals surface area (Å²) in [5.74, 6) is -0.267. The highest BCUT2D eigenvalue weighted by Gasteiger charge is 2.09. The summed E-state index contributed by atoms with van der Waals surface area (Å²) in [5.41, 5.74) is 1.07. The minimum absolute atomic E-state index is 0.267. The lowest BCUT2D eigenvalue weighted by molar-refractivity contribution is 0.102. The number of nitrogens with one attached hydrogen (secondary N) is 1. The summed E-state index contributed by atoms with van der Waals surface area (Å²) in [4.78, 5) is 15.8. The molecule has 1 aromatic carbocycles. The summed E-state index contributed by atoms with van der Waals surface area (Å²) in [6.07, 6.45) is 0. The Morgan fingerprint density at radius 1 is 1.18 bits per heavy atom. The zero-order valence-corrected chi connectivity index (χ0v) is 11.6. The molecule has 0 fully saturated rings. The summed E-state index contributed by atoms with van der Waals surface area (Å²) in [6, 6.07) is 12.5. The van der Waals surface area contributed by atoms with Crippen LogP contribution in [0.3, 0.4) is 0 Å². The van der Waals surface area contributed by atoms with E-state index in [0.29, 0.717) is 10.8 Å². The first kappa shape index (κ1) is 12.3. The summed E-state index contributed by atoms with van der Waals surface area (Å²) in [6.45, 7) is 0. The number of carbonyl (C=O) groups is 1. The predicted molar refractivity (Wildman–Crippen MR) is 76.4 cm³/mol. The van der Waals surface area contributed by atoms with Gasteiger partial charge in [0.15, 0.2) is 0 Å². The average Bonchev–Trinajstić information content (AvgIpc) is 2.32. The number of nitrogens with zero attached hydrogens (tertiary/aromatic N) is 1. The molecule has 0 unspecified atom stereocenters. The van der Waals surface area contributed by atoms with Gasteiger partial charge in [0.25, 0.3) is 5.91 Å². The molecule has 0 bridgehead atoms. The second-order valence-corrected chi connectivity index (χ2v) is 4.83. The van der Waals surface area contributed by atoms with Gasteiger partial charge in [-0.15, -0.1) is 0 Å². The number of hydrogen-bond acceptors (Lipinski definition) is 2.